The lowest BCUT2D eigenvalue weighted by Crippen LogP contribution is -2.52. The van der Waals surface area contributed by atoms with Gasteiger partial charge in [-0.25, -0.2) is 4.39 Å². The maximum atomic E-state index is 13.1. The second kappa shape index (κ2) is 11.1. The number of aryl methyl sites for hydroxylation is 1. The monoisotopic (exact) mass is 486 g/mol. The zero-order valence-electron chi connectivity index (χ0n) is 15.7. The number of rotatable bonds is 6. The Kier molecular flexibility index (Phi) is 8.83. The Bertz CT molecular complexity index is 681. The van der Waals surface area contributed by atoms with Crippen molar-refractivity contribution in [2.24, 2.45) is 4.99 Å². The SMILES string of the molecule is CCNC(=NCCCn1cccn1)N1CCN(c2ccc(F)cc2)CC1.I. The summed E-state index contributed by atoms with van der Waals surface area (Å²) in [4.78, 5) is 9.36. The van der Waals surface area contributed by atoms with Crippen LogP contribution >= 0.6 is 24.0 Å². The number of benzene rings is 1. The van der Waals surface area contributed by atoms with Crippen LogP contribution in [0.5, 0.6) is 0 Å². The third-order valence-electron chi connectivity index (χ3n) is 4.47. The number of piperazine rings is 1. The molecule has 3 rings (SSSR count). The van der Waals surface area contributed by atoms with Crippen LogP contribution in [0.1, 0.15) is 13.3 Å². The molecule has 1 aromatic carbocycles. The molecule has 1 aliphatic heterocycles. The molecule has 148 valence electrons. The molecule has 1 fully saturated rings. The minimum absolute atomic E-state index is 0. The van der Waals surface area contributed by atoms with Gasteiger partial charge < -0.3 is 15.1 Å². The average molecular weight is 486 g/mol. The van der Waals surface area contributed by atoms with Crippen LogP contribution in [0.4, 0.5) is 10.1 Å². The number of guanidine groups is 1. The van der Waals surface area contributed by atoms with Crippen molar-refractivity contribution < 1.29 is 4.39 Å². The third kappa shape index (κ3) is 6.37. The first-order valence-electron chi connectivity index (χ1n) is 9.27. The van der Waals surface area contributed by atoms with E-state index in [0.717, 1.165) is 63.9 Å². The summed E-state index contributed by atoms with van der Waals surface area (Å²) in [5.74, 6) is 0.788. The highest BCUT2D eigenvalue weighted by molar-refractivity contribution is 14.0. The fraction of sp³-hybridized carbons (Fsp3) is 0.474. The number of aliphatic imine (C=N–C) groups is 1. The third-order valence-corrected chi connectivity index (χ3v) is 4.47. The van der Waals surface area contributed by atoms with Gasteiger partial charge in [0.05, 0.1) is 0 Å². The Morgan fingerprint density at radius 2 is 1.93 bits per heavy atom. The lowest BCUT2D eigenvalue weighted by atomic mass is 10.2. The van der Waals surface area contributed by atoms with E-state index in [1.165, 1.54) is 12.1 Å². The molecule has 2 aromatic rings. The number of hydrogen-bond acceptors (Lipinski definition) is 3. The van der Waals surface area contributed by atoms with E-state index >= 15 is 0 Å². The molecular formula is C19H28FIN6. The molecule has 0 unspecified atom stereocenters. The van der Waals surface area contributed by atoms with Crippen molar-refractivity contribution in [3.8, 4) is 0 Å². The first kappa shape index (κ1) is 21.5. The molecule has 6 nitrogen and oxygen atoms in total. The van der Waals surface area contributed by atoms with Crippen molar-refractivity contribution >= 4 is 35.6 Å². The Morgan fingerprint density at radius 1 is 1.19 bits per heavy atom. The summed E-state index contributed by atoms with van der Waals surface area (Å²) in [6, 6.07) is 8.67. The van der Waals surface area contributed by atoms with Crippen molar-refractivity contribution in [3.05, 3.63) is 48.5 Å². The fourth-order valence-corrected chi connectivity index (χ4v) is 3.10. The van der Waals surface area contributed by atoms with Crippen molar-refractivity contribution in [2.75, 3.05) is 44.2 Å². The van der Waals surface area contributed by atoms with Gasteiger partial charge in [-0.15, -0.1) is 24.0 Å². The van der Waals surface area contributed by atoms with E-state index in [-0.39, 0.29) is 29.8 Å². The van der Waals surface area contributed by atoms with Crippen LogP contribution in [-0.2, 0) is 6.54 Å². The predicted molar refractivity (Wildman–Crippen MR) is 118 cm³/mol. The fourth-order valence-electron chi connectivity index (χ4n) is 3.10. The Hall–Kier alpha value is -1.84. The van der Waals surface area contributed by atoms with E-state index in [2.05, 4.69) is 27.1 Å². The molecular weight excluding hydrogens is 458 g/mol. The molecule has 0 radical (unpaired) electrons. The number of anilines is 1. The van der Waals surface area contributed by atoms with Gasteiger partial charge in [0.2, 0.25) is 0 Å². The van der Waals surface area contributed by atoms with Gasteiger partial charge in [0.15, 0.2) is 5.96 Å². The highest BCUT2D eigenvalue weighted by atomic mass is 127. The standard InChI is InChI=1S/C19H27FN6.HI/c1-2-21-19(22-9-3-11-26-12-4-10-23-26)25-15-13-24(14-16-25)18-7-5-17(20)6-8-18;/h4-8,10,12H,2-3,9,11,13-16H2,1H3,(H,21,22);1H. The summed E-state index contributed by atoms with van der Waals surface area (Å²) in [7, 11) is 0. The van der Waals surface area contributed by atoms with Crippen LogP contribution in [-0.4, -0.2) is 59.9 Å². The molecule has 0 atom stereocenters. The Labute approximate surface area is 177 Å². The van der Waals surface area contributed by atoms with Gasteiger partial charge in [-0.1, -0.05) is 0 Å². The lowest BCUT2D eigenvalue weighted by molar-refractivity contribution is 0.372. The second-order valence-electron chi connectivity index (χ2n) is 6.31. The minimum atomic E-state index is -0.191. The largest absolute Gasteiger partial charge is 0.368 e. The number of halogens is 2. The molecule has 8 heteroatoms. The molecule has 1 N–H and O–H groups in total. The highest BCUT2D eigenvalue weighted by Gasteiger charge is 2.19. The van der Waals surface area contributed by atoms with Crippen molar-refractivity contribution in [2.45, 2.75) is 19.9 Å². The first-order chi connectivity index (χ1) is 12.8. The molecule has 0 bridgehead atoms. The molecule has 1 aliphatic rings. The zero-order valence-corrected chi connectivity index (χ0v) is 18.1. The van der Waals surface area contributed by atoms with Crippen LogP contribution in [0.25, 0.3) is 0 Å². The first-order valence-corrected chi connectivity index (χ1v) is 9.27. The Balaban J connectivity index is 0.00000261. The second-order valence-corrected chi connectivity index (χ2v) is 6.31. The molecule has 1 saturated heterocycles. The summed E-state index contributed by atoms with van der Waals surface area (Å²) in [6.45, 7) is 8.23. The van der Waals surface area contributed by atoms with E-state index in [1.54, 1.807) is 6.20 Å². The maximum absolute atomic E-state index is 13.1. The van der Waals surface area contributed by atoms with Gasteiger partial charge in [0, 0.05) is 63.9 Å². The molecule has 0 saturated carbocycles. The van der Waals surface area contributed by atoms with Gasteiger partial charge in [0.25, 0.3) is 0 Å². The quantitative estimate of drug-likeness (QED) is 0.296. The average Bonchev–Trinajstić information content (AvgIpc) is 3.19. The van der Waals surface area contributed by atoms with Crippen LogP contribution in [0.2, 0.25) is 0 Å². The molecule has 0 amide bonds. The number of hydrogen-bond donors (Lipinski definition) is 1. The van der Waals surface area contributed by atoms with E-state index in [0.29, 0.717) is 0 Å². The summed E-state index contributed by atoms with van der Waals surface area (Å²) < 4.78 is 15.0. The topological polar surface area (TPSA) is 48.7 Å². The number of nitrogens with one attached hydrogen (secondary N) is 1. The highest BCUT2D eigenvalue weighted by Crippen LogP contribution is 2.17. The van der Waals surface area contributed by atoms with Crippen LogP contribution in [0.15, 0.2) is 47.7 Å². The number of aromatic nitrogens is 2. The smallest absolute Gasteiger partial charge is 0.194 e. The van der Waals surface area contributed by atoms with Gasteiger partial charge in [-0.2, -0.15) is 5.10 Å². The molecule has 2 heterocycles. The molecule has 27 heavy (non-hydrogen) atoms. The normalized spacial score (nSPS) is 14.8. The number of nitrogens with zero attached hydrogens (tertiary/aromatic N) is 5. The molecule has 1 aromatic heterocycles. The van der Waals surface area contributed by atoms with E-state index < -0.39 is 0 Å². The van der Waals surface area contributed by atoms with Gasteiger partial charge in [0.1, 0.15) is 5.82 Å². The van der Waals surface area contributed by atoms with Gasteiger partial charge >= 0.3 is 0 Å². The summed E-state index contributed by atoms with van der Waals surface area (Å²) in [5.41, 5.74) is 1.08. The summed E-state index contributed by atoms with van der Waals surface area (Å²) in [5, 5.41) is 7.61. The predicted octanol–water partition coefficient (Wildman–Crippen LogP) is 2.82. The van der Waals surface area contributed by atoms with E-state index in [1.807, 2.05) is 29.1 Å². The van der Waals surface area contributed by atoms with E-state index in [9.17, 15) is 4.39 Å². The zero-order chi connectivity index (χ0) is 18.2. The van der Waals surface area contributed by atoms with Crippen molar-refractivity contribution in [1.82, 2.24) is 20.0 Å². The Morgan fingerprint density at radius 3 is 2.56 bits per heavy atom. The van der Waals surface area contributed by atoms with Crippen molar-refractivity contribution in [3.63, 3.8) is 0 Å². The van der Waals surface area contributed by atoms with Crippen LogP contribution in [0, 0.1) is 5.82 Å². The van der Waals surface area contributed by atoms with Crippen LogP contribution in [0.3, 0.4) is 0 Å². The minimum Gasteiger partial charge on any atom is -0.368 e. The van der Waals surface area contributed by atoms with Gasteiger partial charge in [-0.05, 0) is 43.7 Å². The van der Waals surface area contributed by atoms with E-state index in [4.69, 9.17) is 4.99 Å². The summed E-state index contributed by atoms with van der Waals surface area (Å²) >= 11 is 0. The van der Waals surface area contributed by atoms with Crippen LogP contribution < -0.4 is 10.2 Å². The summed E-state index contributed by atoms with van der Waals surface area (Å²) in [6.07, 6.45) is 4.74. The molecule has 0 aliphatic carbocycles. The lowest BCUT2D eigenvalue weighted by Gasteiger charge is -2.37. The van der Waals surface area contributed by atoms with Gasteiger partial charge in [-0.3, -0.25) is 9.67 Å². The van der Waals surface area contributed by atoms with Crippen molar-refractivity contribution in [1.29, 1.82) is 0 Å². The molecule has 0 spiro atoms. The maximum Gasteiger partial charge on any atom is 0.194 e.